The molecule has 3 rings (SSSR count). The molecule has 1 unspecified atom stereocenters. The smallest absolute Gasteiger partial charge is 0.254 e. The number of carbonyl (C=O) groups is 1. The summed E-state index contributed by atoms with van der Waals surface area (Å²) in [6, 6.07) is 12.3. The lowest BCUT2D eigenvalue weighted by atomic mass is 10.0. The second-order valence-electron chi connectivity index (χ2n) is 5.93. The van der Waals surface area contributed by atoms with E-state index in [9.17, 15) is 9.18 Å². The topological polar surface area (TPSA) is 29.5 Å². The maximum absolute atomic E-state index is 13.9. The summed E-state index contributed by atoms with van der Waals surface area (Å²) in [5.74, 6) is -0.323. The highest BCUT2D eigenvalue weighted by molar-refractivity contribution is 5.94. The minimum atomic E-state index is -0.416. The van der Waals surface area contributed by atoms with Crippen LogP contribution in [0.25, 0.3) is 0 Å². The summed E-state index contributed by atoms with van der Waals surface area (Å²) < 4.78 is 19.6. The number of benzene rings is 2. The third-order valence-electron chi connectivity index (χ3n) is 4.36. The molecule has 120 valence electrons. The lowest BCUT2D eigenvalue weighted by molar-refractivity contribution is -0.0243. The molecule has 0 spiro atoms. The van der Waals surface area contributed by atoms with Crippen molar-refractivity contribution < 1.29 is 13.9 Å². The summed E-state index contributed by atoms with van der Waals surface area (Å²) >= 11 is 0. The first kappa shape index (κ1) is 15.7. The Labute approximate surface area is 135 Å². The number of rotatable bonds is 2. The average Bonchev–Trinajstić information content (AvgIpc) is 2.57. The van der Waals surface area contributed by atoms with Crippen molar-refractivity contribution in [3.8, 4) is 0 Å². The van der Waals surface area contributed by atoms with Crippen LogP contribution in [0.4, 0.5) is 4.39 Å². The van der Waals surface area contributed by atoms with Crippen molar-refractivity contribution in [2.24, 2.45) is 0 Å². The number of morpholine rings is 1. The van der Waals surface area contributed by atoms with E-state index in [2.05, 4.69) is 0 Å². The van der Waals surface area contributed by atoms with Gasteiger partial charge in [0.2, 0.25) is 0 Å². The van der Waals surface area contributed by atoms with Crippen LogP contribution >= 0.6 is 0 Å². The van der Waals surface area contributed by atoms with Gasteiger partial charge in [-0.15, -0.1) is 0 Å². The van der Waals surface area contributed by atoms with E-state index in [0.717, 1.165) is 11.1 Å². The molecule has 1 saturated heterocycles. The summed E-state index contributed by atoms with van der Waals surface area (Å²) in [7, 11) is 0. The SMILES string of the molecule is Cc1ccc(C(=O)N2CCOC(c3ccccc3F)C2)cc1C. The Morgan fingerprint density at radius 2 is 1.96 bits per heavy atom. The van der Waals surface area contributed by atoms with Gasteiger partial charge in [0, 0.05) is 17.7 Å². The number of hydrogen-bond acceptors (Lipinski definition) is 2. The van der Waals surface area contributed by atoms with Gasteiger partial charge in [-0.2, -0.15) is 0 Å². The molecule has 0 bridgehead atoms. The third-order valence-corrected chi connectivity index (χ3v) is 4.36. The molecule has 4 heteroatoms. The Morgan fingerprint density at radius 1 is 1.17 bits per heavy atom. The minimum absolute atomic E-state index is 0.0299. The molecule has 1 aliphatic rings. The number of hydrogen-bond donors (Lipinski definition) is 0. The van der Waals surface area contributed by atoms with Gasteiger partial charge in [0.1, 0.15) is 11.9 Å². The number of carbonyl (C=O) groups excluding carboxylic acids is 1. The van der Waals surface area contributed by atoms with Gasteiger partial charge in [-0.3, -0.25) is 4.79 Å². The van der Waals surface area contributed by atoms with Crippen molar-refractivity contribution in [3.63, 3.8) is 0 Å². The molecule has 23 heavy (non-hydrogen) atoms. The van der Waals surface area contributed by atoms with E-state index in [1.165, 1.54) is 6.07 Å². The van der Waals surface area contributed by atoms with Crippen molar-refractivity contribution in [2.75, 3.05) is 19.7 Å². The molecule has 1 aliphatic heterocycles. The zero-order valence-electron chi connectivity index (χ0n) is 13.4. The first-order valence-corrected chi connectivity index (χ1v) is 7.79. The van der Waals surface area contributed by atoms with Crippen LogP contribution < -0.4 is 0 Å². The van der Waals surface area contributed by atoms with Gasteiger partial charge < -0.3 is 9.64 Å². The summed E-state index contributed by atoms with van der Waals surface area (Å²) in [5, 5.41) is 0. The van der Waals surface area contributed by atoms with Crippen molar-refractivity contribution in [2.45, 2.75) is 20.0 Å². The highest BCUT2D eigenvalue weighted by Gasteiger charge is 2.27. The highest BCUT2D eigenvalue weighted by Crippen LogP contribution is 2.25. The molecule has 3 nitrogen and oxygen atoms in total. The van der Waals surface area contributed by atoms with E-state index in [4.69, 9.17) is 4.74 Å². The zero-order chi connectivity index (χ0) is 16.4. The van der Waals surface area contributed by atoms with Gasteiger partial charge in [-0.25, -0.2) is 4.39 Å². The molecule has 1 heterocycles. The first-order valence-electron chi connectivity index (χ1n) is 7.79. The molecule has 0 N–H and O–H groups in total. The van der Waals surface area contributed by atoms with Gasteiger partial charge in [0.25, 0.3) is 5.91 Å². The number of ether oxygens (including phenoxy) is 1. The van der Waals surface area contributed by atoms with Crippen LogP contribution in [0.2, 0.25) is 0 Å². The van der Waals surface area contributed by atoms with E-state index in [1.54, 1.807) is 23.1 Å². The molecule has 0 saturated carbocycles. The Balaban J connectivity index is 1.79. The summed E-state index contributed by atoms with van der Waals surface area (Å²) in [6.07, 6.45) is -0.416. The fourth-order valence-electron chi connectivity index (χ4n) is 2.82. The van der Waals surface area contributed by atoms with Crippen LogP contribution in [-0.2, 0) is 4.74 Å². The predicted octanol–water partition coefficient (Wildman–Crippen LogP) is 3.66. The molecule has 2 aromatic carbocycles. The standard InChI is InChI=1S/C19H20FNO2/c1-13-7-8-15(11-14(13)2)19(22)21-9-10-23-18(12-21)16-5-3-4-6-17(16)20/h3-8,11,18H,9-10,12H2,1-2H3. The summed E-state index contributed by atoms with van der Waals surface area (Å²) in [6.45, 7) is 5.32. The van der Waals surface area contributed by atoms with Gasteiger partial charge >= 0.3 is 0 Å². The van der Waals surface area contributed by atoms with Crippen LogP contribution in [0.1, 0.15) is 33.2 Å². The largest absolute Gasteiger partial charge is 0.370 e. The Bertz CT molecular complexity index is 729. The lowest BCUT2D eigenvalue weighted by Crippen LogP contribution is -2.42. The van der Waals surface area contributed by atoms with Gasteiger partial charge in [0.05, 0.1) is 13.2 Å². The van der Waals surface area contributed by atoms with Crippen molar-refractivity contribution in [1.29, 1.82) is 0 Å². The van der Waals surface area contributed by atoms with Crippen molar-refractivity contribution in [3.05, 3.63) is 70.5 Å². The van der Waals surface area contributed by atoms with Crippen molar-refractivity contribution in [1.82, 2.24) is 4.90 Å². The molecular weight excluding hydrogens is 293 g/mol. The van der Waals surface area contributed by atoms with E-state index in [1.807, 2.05) is 32.0 Å². The van der Waals surface area contributed by atoms with Crippen LogP contribution in [0, 0.1) is 19.7 Å². The molecule has 0 radical (unpaired) electrons. The number of nitrogens with zero attached hydrogens (tertiary/aromatic N) is 1. The monoisotopic (exact) mass is 313 g/mol. The average molecular weight is 313 g/mol. The third kappa shape index (κ3) is 3.27. The van der Waals surface area contributed by atoms with Crippen LogP contribution in [-0.4, -0.2) is 30.5 Å². The van der Waals surface area contributed by atoms with E-state index in [-0.39, 0.29) is 11.7 Å². The molecular formula is C19H20FNO2. The lowest BCUT2D eigenvalue weighted by Gasteiger charge is -2.33. The van der Waals surface area contributed by atoms with Gasteiger partial charge in [0.15, 0.2) is 0 Å². The molecule has 1 fully saturated rings. The second kappa shape index (κ2) is 6.50. The number of amides is 1. The number of halogens is 1. The van der Waals surface area contributed by atoms with Gasteiger partial charge in [-0.05, 0) is 43.2 Å². The van der Waals surface area contributed by atoms with Crippen LogP contribution in [0.5, 0.6) is 0 Å². The molecule has 2 aromatic rings. The summed E-state index contributed by atoms with van der Waals surface area (Å²) in [5.41, 5.74) is 3.43. The van der Waals surface area contributed by atoms with Crippen molar-refractivity contribution >= 4 is 5.91 Å². The van der Waals surface area contributed by atoms with E-state index < -0.39 is 6.10 Å². The van der Waals surface area contributed by atoms with Crippen LogP contribution in [0.15, 0.2) is 42.5 Å². The molecule has 0 aromatic heterocycles. The summed E-state index contributed by atoms with van der Waals surface area (Å²) in [4.78, 5) is 14.4. The van der Waals surface area contributed by atoms with E-state index >= 15 is 0 Å². The maximum Gasteiger partial charge on any atom is 0.254 e. The molecule has 1 amide bonds. The predicted molar refractivity (Wildman–Crippen MR) is 86.9 cm³/mol. The first-order chi connectivity index (χ1) is 11.1. The number of aryl methyl sites for hydroxylation is 2. The maximum atomic E-state index is 13.9. The minimum Gasteiger partial charge on any atom is -0.370 e. The van der Waals surface area contributed by atoms with Gasteiger partial charge in [-0.1, -0.05) is 24.3 Å². The fraction of sp³-hybridized carbons (Fsp3) is 0.316. The fourth-order valence-corrected chi connectivity index (χ4v) is 2.82. The van der Waals surface area contributed by atoms with Crippen LogP contribution in [0.3, 0.4) is 0 Å². The normalized spacial score (nSPS) is 18.0. The Morgan fingerprint density at radius 3 is 2.70 bits per heavy atom. The molecule has 1 atom stereocenters. The molecule has 0 aliphatic carbocycles. The van der Waals surface area contributed by atoms with E-state index in [0.29, 0.717) is 30.8 Å². The highest BCUT2D eigenvalue weighted by atomic mass is 19.1. The zero-order valence-corrected chi connectivity index (χ0v) is 13.4. The Kier molecular flexibility index (Phi) is 4.44. The quantitative estimate of drug-likeness (QED) is 0.847. The Hall–Kier alpha value is -2.20. The second-order valence-corrected chi connectivity index (χ2v) is 5.93.